The highest BCUT2D eigenvalue weighted by molar-refractivity contribution is 7.17. The molecule has 0 aliphatic heterocycles. The molecule has 0 spiro atoms. The number of esters is 1. The normalized spacial score (nSPS) is 10.2. The van der Waals surface area contributed by atoms with E-state index in [2.05, 4.69) is 0 Å². The molecule has 0 aliphatic carbocycles. The molecule has 0 saturated heterocycles. The smallest absolute Gasteiger partial charge is 0.349 e. The van der Waals surface area contributed by atoms with E-state index in [1.807, 2.05) is 18.2 Å². The Bertz CT molecular complexity index is 788. The lowest BCUT2D eigenvalue weighted by atomic mass is 10.2. The van der Waals surface area contributed by atoms with E-state index >= 15 is 0 Å². The molecule has 0 fully saturated rings. The number of hydrogen-bond donors (Lipinski definition) is 0. The fourth-order valence-electron chi connectivity index (χ4n) is 2.02. The van der Waals surface area contributed by atoms with Gasteiger partial charge in [-0.15, -0.1) is 0 Å². The molecule has 25 heavy (non-hydrogen) atoms. The zero-order valence-corrected chi connectivity index (χ0v) is 14.4. The van der Waals surface area contributed by atoms with Gasteiger partial charge >= 0.3 is 11.0 Å². The lowest BCUT2D eigenvalue weighted by Crippen LogP contribution is -2.30. The Morgan fingerprint density at radius 3 is 2.60 bits per heavy atom. The molecule has 132 valence electrons. The number of rotatable bonds is 7. The Morgan fingerprint density at radius 2 is 1.96 bits per heavy atom. The van der Waals surface area contributed by atoms with Crippen molar-refractivity contribution in [2.45, 2.75) is 6.54 Å². The summed E-state index contributed by atoms with van der Waals surface area (Å²) in [6.45, 7) is -0.152. The highest BCUT2D eigenvalue weighted by Crippen LogP contribution is 2.24. The zero-order valence-electron chi connectivity index (χ0n) is 13.6. The number of nitro groups is 1. The second kappa shape index (κ2) is 8.25. The van der Waals surface area contributed by atoms with E-state index in [4.69, 9.17) is 9.47 Å². The van der Waals surface area contributed by atoms with Gasteiger partial charge in [-0.2, -0.15) is 0 Å². The number of nitrogens with zero attached hydrogens (tertiary/aromatic N) is 2. The molecule has 1 aromatic carbocycles. The number of hydrogen-bond acceptors (Lipinski definition) is 7. The van der Waals surface area contributed by atoms with Gasteiger partial charge in [0.15, 0.2) is 6.61 Å². The maximum absolute atomic E-state index is 12.1. The van der Waals surface area contributed by atoms with E-state index in [-0.39, 0.29) is 9.88 Å². The van der Waals surface area contributed by atoms with Crippen LogP contribution in [0.4, 0.5) is 5.00 Å². The SMILES string of the molecule is COc1ccccc1CN(C)C(=O)COC(=O)c1ccc([N+](=O)[O-])s1. The minimum Gasteiger partial charge on any atom is -0.496 e. The van der Waals surface area contributed by atoms with Crippen molar-refractivity contribution in [1.82, 2.24) is 4.90 Å². The predicted molar refractivity (Wildman–Crippen MR) is 90.7 cm³/mol. The lowest BCUT2D eigenvalue weighted by Gasteiger charge is -2.18. The molecule has 0 bridgehead atoms. The highest BCUT2D eigenvalue weighted by Gasteiger charge is 2.19. The molecule has 0 atom stereocenters. The topological polar surface area (TPSA) is 99.0 Å². The average molecular weight is 364 g/mol. The molecule has 8 nitrogen and oxygen atoms in total. The van der Waals surface area contributed by atoms with Gasteiger partial charge in [0.25, 0.3) is 5.91 Å². The van der Waals surface area contributed by atoms with Crippen LogP contribution in [-0.2, 0) is 16.1 Å². The Hall–Kier alpha value is -2.94. The maximum Gasteiger partial charge on any atom is 0.349 e. The molecule has 1 heterocycles. The number of para-hydroxylation sites is 1. The average Bonchev–Trinajstić information content (AvgIpc) is 3.10. The van der Waals surface area contributed by atoms with Crippen molar-refractivity contribution in [3.63, 3.8) is 0 Å². The van der Waals surface area contributed by atoms with Crippen LogP contribution in [0.1, 0.15) is 15.2 Å². The first-order valence-electron chi connectivity index (χ1n) is 7.19. The van der Waals surface area contributed by atoms with E-state index in [0.717, 1.165) is 5.56 Å². The molecular formula is C16H16N2O6S. The Balaban J connectivity index is 1.90. The van der Waals surface area contributed by atoms with Crippen molar-refractivity contribution in [3.8, 4) is 5.75 Å². The predicted octanol–water partition coefficient (Wildman–Crippen LogP) is 2.48. The van der Waals surface area contributed by atoms with E-state index in [9.17, 15) is 19.7 Å². The maximum atomic E-state index is 12.1. The van der Waals surface area contributed by atoms with Gasteiger partial charge in [-0.3, -0.25) is 14.9 Å². The van der Waals surface area contributed by atoms with Crippen LogP contribution in [0.2, 0.25) is 0 Å². The standard InChI is InChI=1S/C16H16N2O6S/c1-17(9-11-5-3-4-6-12(11)23-2)14(19)10-24-16(20)13-7-8-15(25-13)18(21)22/h3-8H,9-10H2,1-2H3. The number of carbonyl (C=O) groups is 2. The fourth-order valence-corrected chi connectivity index (χ4v) is 2.74. The van der Waals surface area contributed by atoms with Crippen LogP contribution in [0.5, 0.6) is 5.75 Å². The molecule has 0 N–H and O–H groups in total. The number of carbonyl (C=O) groups excluding carboxylic acids is 2. The van der Waals surface area contributed by atoms with E-state index in [0.29, 0.717) is 23.6 Å². The summed E-state index contributed by atoms with van der Waals surface area (Å²) in [5.74, 6) is -0.507. The first-order chi connectivity index (χ1) is 11.9. The fraction of sp³-hybridized carbons (Fsp3) is 0.250. The van der Waals surface area contributed by atoms with Crippen molar-refractivity contribution < 1.29 is 24.0 Å². The van der Waals surface area contributed by atoms with Crippen LogP contribution in [-0.4, -0.2) is 42.5 Å². The van der Waals surface area contributed by atoms with Gasteiger partial charge in [-0.05, 0) is 12.1 Å². The quantitative estimate of drug-likeness (QED) is 0.425. The van der Waals surface area contributed by atoms with Crippen molar-refractivity contribution in [2.75, 3.05) is 20.8 Å². The third-order valence-corrected chi connectivity index (χ3v) is 4.34. The van der Waals surface area contributed by atoms with Gasteiger partial charge in [0, 0.05) is 25.2 Å². The van der Waals surface area contributed by atoms with Gasteiger partial charge in [-0.25, -0.2) is 4.79 Å². The van der Waals surface area contributed by atoms with Crippen molar-refractivity contribution in [3.05, 3.63) is 57.0 Å². The summed E-state index contributed by atoms with van der Waals surface area (Å²) in [6.07, 6.45) is 0. The molecule has 1 aromatic heterocycles. The summed E-state index contributed by atoms with van der Waals surface area (Å²) in [7, 11) is 3.13. The molecular weight excluding hydrogens is 348 g/mol. The summed E-state index contributed by atoms with van der Waals surface area (Å²) in [4.78, 5) is 35.4. The third-order valence-electron chi connectivity index (χ3n) is 3.33. The van der Waals surface area contributed by atoms with Gasteiger partial charge < -0.3 is 14.4 Å². The molecule has 9 heteroatoms. The minimum atomic E-state index is -0.767. The van der Waals surface area contributed by atoms with E-state index in [1.165, 1.54) is 17.0 Å². The van der Waals surface area contributed by atoms with Crippen molar-refractivity contribution in [1.29, 1.82) is 0 Å². The first kappa shape index (κ1) is 18.4. The largest absolute Gasteiger partial charge is 0.496 e. The highest BCUT2D eigenvalue weighted by atomic mass is 32.1. The van der Waals surface area contributed by atoms with E-state index < -0.39 is 23.4 Å². The number of ether oxygens (including phenoxy) is 2. The first-order valence-corrected chi connectivity index (χ1v) is 8.01. The number of thiophene rings is 1. The zero-order chi connectivity index (χ0) is 18.4. The Morgan fingerprint density at radius 1 is 1.24 bits per heavy atom. The van der Waals surface area contributed by atoms with Crippen LogP contribution in [0.25, 0.3) is 0 Å². The van der Waals surface area contributed by atoms with Gasteiger partial charge in [0.1, 0.15) is 10.6 Å². The third kappa shape index (κ3) is 4.77. The molecule has 0 radical (unpaired) electrons. The summed E-state index contributed by atoms with van der Waals surface area (Å²) in [6, 6.07) is 9.80. The van der Waals surface area contributed by atoms with Crippen molar-refractivity contribution >= 4 is 28.2 Å². The number of benzene rings is 1. The minimum absolute atomic E-state index is 0.0758. The number of amides is 1. The van der Waals surface area contributed by atoms with Gasteiger partial charge in [0.2, 0.25) is 0 Å². The number of methoxy groups -OCH3 is 1. The molecule has 0 aliphatic rings. The second-order valence-corrected chi connectivity index (χ2v) is 6.10. The van der Waals surface area contributed by atoms with Crippen LogP contribution < -0.4 is 4.74 Å². The summed E-state index contributed by atoms with van der Waals surface area (Å²) in [5, 5.41) is 10.5. The molecule has 2 rings (SSSR count). The Labute approximate surface area is 147 Å². The van der Waals surface area contributed by atoms with Crippen LogP contribution >= 0.6 is 11.3 Å². The molecule has 1 amide bonds. The molecule has 0 unspecified atom stereocenters. The van der Waals surface area contributed by atoms with E-state index in [1.54, 1.807) is 20.2 Å². The lowest BCUT2D eigenvalue weighted by molar-refractivity contribution is -0.380. The Kier molecular flexibility index (Phi) is 6.07. The van der Waals surface area contributed by atoms with Gasteiger partial charge in [-0.1, -0.05) is 29.5 Å². The number of likely N-dealkylation sites (N-methyl/N-ethyl adjacent to an activating group) is 1. The molecule has 0 saturated carbocycles. The summed E-state index contributed by atoms with van der Waals surface area (Å²) >= 11 is 0.702. The molecule has 2 aromatic rings. The second-order valence-electron chi connectivity index (χ2n) is 5.03. The van der Waals surface area contributed by atoms with Gasteiger partial charge in [0.05, 0.1) is 12.0 Å². The van der Waals surface area contributed by atoms with Crippen LogP contribution in [0, 0.1) is 10.1 Å². The monoisotopic (exact) mass is 364 g/mol. The summed E-state index contributed by atoms with van der Waals surface area (Å²) < 4.78 is 10.2. The van der Waals surface area contributed by atoms with Crippen molar-refractivity contribution in [2.24, 2.45) is 0 Å². The van der Waals surface area contributed by atoms with Crippen LogP contribution in [0.3, 0.4) is 0 Å². The summed E-state index contributed by atoms with van der Waals surface area (Å²) in [5.41, 5.74) is 0.820. The van der Waals surface area contributed by atoms with Crippen LogP contribution in [0.15, 0.2) is 36.4 Å².